The second kappa shape index (κ2) is 9.75. The third kappa shape index (κ3) is 5.23. The largest absolute Gasteiger partial charge is 0.493 e. The van der Waals surface area contributed by atoms with Gasteiger partial charge in [-0.05, 0) is 37.1 Å². The minimum Gasteiger partial charge on any atom is -0.493 e. The van der Waals surface area contributed by atoms with E-state index < -0.39 is 0 Å². The van der Waals surface area contributed by atoms with E-state index in [1.54, 1.807) is 42.5 Å². The van der Waals surface area contributed by atoms with Crippen molar-refractivity contribution in [3.63, 3.8) is 0 Å². The van der Waals surface area contributed by atoms with E-state index in [0.29, 0.717) is 29.3 Å². The smallest absolute Gasteiger partial charge is 0.262 e. The molecule has 2 amide bonds. The summed E-state index contributed by atoms with van der Waals surface area (Å²) in [6, 6.07) is 13.9. The molecule has 3 rings (SSSR count). The SMILES string of the molecule is COc1ccccc1OCC(=O)Nc1ccccc1C(=O)NCC1CCCO1. The zero-order valence-corrected chi connectivity index (χ0v) is 15.8. The lowest BCUT2D eigenvalue weighted by molar-refractivity contribution is -0.118. The number of methoxy groups -OCH3 is 1. The van der Waals surface area contributed by atoms with Crippen molar-refractivity contribution < 1.29 is 23.8 Å². The van der Waals surface area contributed by atoms with Gasteiger partial charge in [0.1, 0.15) is 0 Å². The van der Waals surface area contributed by atoms with Crippen molar-refractivity contribution in [1.29, 1.82) is 0 Å². The van der Waals surface area contributed by atoms with Gasteiger partial charge in [-0.1, -0.05) is 24.3 Å². The van der Waals surface area contributed by atoms with Gasteiger partial charge in [0.05, 0.1) is 24.5 Å². The fourth-order valence-corrected chi connectivity index (χ4v) is 2.96. The molecule has 1 saturated heterocycles. The van der Waals surface area contributed by atoms with Crippen LogP contribution >= 0.6 is 0 Å². The molecule has 1 aliphatic rings. The third-order valence-corrected chi connectivity index (χ3v) is 4.39. The molecule has 2 N–H and O–H groups in total. The molecular formula is C21H24N2O5. The summed E-state index contributed by atoms with van der Waals surface area (Å²) in [5, 5.41) is 5.59. The van der Waals surface area contributed by atoms with Crippen LogP contribution in [0.2, 0.25) is 0 Å². The highest BCUT2D eigenvalue weighted by Crippen LogP contribution is 2.25. The Bertz CT molecular complexity index is 818. The molecule has 1 atom stereocenters. The molecule has 1 fully saturated rings. The number of hydrogen-bond acceptors (Lipinski definition) is 5. The number of benzene rings is 2. The molecule has 0 spiro atoms. The number of hydrogen-bond donors (Lipinski definition) is 2. The van der Waals surface area contributed by atoms with Gasteiger partial charge in [0.15, 0.2) is 18.1 Å². The van der Waals surface area contributed by atoms with Crippen LogP contribution in [-0.2, 0) is 9.53 Å². The van der Waals surface area contributed by atoms with Crippen molar-refractivity contribution in [2.24, 2.45) is 0 Å². The molecule has 1 heterocycles. The van der Waals surface area contributed by atoms with E-state index in [0.717, 1.165) is 19.4 Å². The zero-order valence-electron chi connectivity index (χ0n) is 15.8. The Hall–Kier alpha value is -3.06. The molecule has 28 heavy (non-hydrogen) atoms. The van der Waals surface area contributed by atoms with Crippen LogP contribution in [0.1, 0.15) is 23.2 Å². The molecule has 2 aromatic carbocycles. The highest BCUT2D eigenvalue weighted by Gasteiger charge is 2.18. The monoisotopic (exact) mass is 384 g/mol. The van der Waals surface area contributed by atoms with E-state index in [-0.39, 0.29) is 24.5 Å². The summed E-state index contributed by atoms with van der Waals surface area (Å²) < 4.78 is 16.2. The lowest BCUT2D eigenvalue weighted by atomic mass is 10.1. The van der Waals surface area contributed by atoms with Crippen molar-refractivity contribution in [3.05, 3.63) is 54.1 Å². The number of amides is 2. The number of carbonyl (C=O) groups excluding carboxylic acids is 2. The van der Waals surface area contributed by atoms with E-state index in [1.165, 1.54) is 7.11 Å². The second-order valence-corrected chi connectivity index (χ2v) is 6.38. The summed E-state index contributed by atoms with van der Waals surface area (Å²) in [5.74, 6) is 0.397. The Balaban J connectivity index is 1.57. The fourth-order valence-electron chi connectivity index (χ4n) is 2.96. The summed E-state index contributed by atoms with van der Waals surface area (Å²) in [7, 11) is 1.54. The van der Waals surface area contributed by atoms with Crippen LogP contribution in [-0.4, -0.2) is 44.8 Å². The topological polar surface area (TPSA) is 85.9 Å². The molecule has 0 aliphatic carbocycles. The Labute approximate surface area is 164 Å². The van der Waals surface area contributed by atoms with E-state index in [2.05, 4.69) is 10.6 Å². The highest BCUT2D eigenvalue weighted by atomic mass is 16.5. The molecule has 1 unspecified atom stereocenters. The van der Waals surface area contributed by atoms with E-state index in [1.807, 2.05) is 6.07 Å². The quantitative estimate of drug-likeness (QED) is 0.731. The van der Waals surface area contributed by atoms with Gasteiger partial charge in [0.2, 0.25) is 0 Å². The van der Waals surface area contributed by atoms with E-state index >= 15 is 0 Å². The molecule has 7 nitrogen and oxygen atoms in total. The highest BCUT2D eigenvalue weighted by molar-refractivity contribution is 6.04. The van der Waals surface area contributed by atoms with Crippen molar-refractivity contribution in [2.45, 2.75) is 18.9 Å². The molecule has 1 aliphatic heterocycles. The van der Waals surface area contributed by atoms with E-state index in [9.17, 15) is 9.59 Å². The molecule has 0 saturated carbocycles. The Kier molecular flexibility index (Phi) is 6.86. The predicted molar refractivity (Wildman–Crippen MR) is 105 cm³/mol. The van der Waals surface area contributed by atoms with Gasteiger partial charge in [0.25, 0.3) is 11.8 Å². The average Bonchev–Trinajstić information content (AvgIpc) is 3.25. The maximum Gasteiger partial charge on any atom is 0.262 e. The summed E-state index contributed by atoms with van der Waals surface area (Å²) in [5.41, 5.74) is 0.826. The number of rotatable bonds is 8. The van der Waals surface area contributed by atoms with Gasteiger partial charge >= 0.3 is 0 Å². The number of para-hydroxylation sites is 3. The van der Waals surface area contributed by atoms with Gasteiger partial charge in [-0.3, -0.25) is 9.59 Å². The number of anilines is 1. The van der Waals surface area contributed by atoms with Crippen LogP contribution < -0.4 is 20.1 Å². The zero-order chi connectivity index (χ0) is 19.8. The average molecular weight is 384 g/mol. The van der Waals surface area contributed by atoms with Crippen LogP contribution in [0, 0.1) is 0 Å². The first-order valence-corrected chi connectivity index (χ1v) is 9.22. The minimum absolute atomic E-state index is 0.0555. The maximum absolute atomic E-state index is 12.5. The minimum atomic E-state index is -0.370. The number of nitrogens with one attached hydrogen (secondary N) is 2. The lowest BCUT2D eigenvalue weighted by Crippen LogP contribution is -2.32. The van der Waals surface area contributed by atoms with E-state index in [4.69, 9.17) is 14.2 Å². The van der Waals surface area contributed by atoms with Crippen LogP contribution in [0.3, 0.4) is 0 Å². The molecule has 0 radical (unpaired) electrons. The molecule has 7 heteroatoms. The normalized spacial score (nSPS) is 15.7. The molecule has 148 valence electrons. The van der Waals surface area contributed by atoms with Gasteiger partial charge < -0.3 is 24.8 Å². The first kappa shape index (κ1) is 19.7. The molecular weight excluding hydrogens is 360 g/mol. The molecule has 0 aromatic heterocycles. The molecule has 2 aromatic rings. The predicted octanol–water partition coefficient (Wildman–Crippen LogP) is 2.62. The van der Waals surface area contributed by atoms with Crippen molar-refractivity contribution in [3.8, 4) is 11.5 Å². The lowest BCUT2D eigenvalue weighted by Gasteiger charge is -2.14. The Morgan fingerprint density at radius 2 is 1.86 bits per heavy atom. The van der Waals surface area contributed by atoms with Gasteiger partial charge in [-0.2, -0.15) is 0 Å². The Morgan fingerprint density at radius 1 is 1.11 bits per heavy atom. The van der Waals surface area contributed by atoms with Crippen molar-refractivity contribution in [1.82, 2.24) is 5.32 Å². The van der Waals surface area contributed by atoms with Crippen molar-refractivity contribution in [2.75, 3.05) is 32.2 Å². The van der Waals surface area contributed by atoms with Gasteiger partial charge in [-0.15, -0.1) is 0 Å². The summed E-state index contributed by atoms with van der Waals surface area (Å²) in [6.07, 6.45) is 2.01. The summed E-state index contributed by atoms with van der Waals surface area (Å²) in [4.78, 5) is 24.8. The first-order valence-electron chi connectivity index (χ1n) is 9.22. The van der Waals surface area contributed by atoms with Crippen LogP contribution in [0.15, 0.2) is 48.5 Å². The van der Waals surface area contributed by atoms with Gasteiger partial charge in [-0.25, -0.2) is 0 Å². The second-order valence-electron chi connectivity index (χ2n) is 6.38. The number of carbonyl (C=O) groups is 2. The van der Waals surface area contributed by atoms with Crippen LogP contribution in [0.4, 0.5) is 5.69 Å². The fraction of sp³-hybridized carbons (Fsp3) is 0.333. The Morgan fingerprint density at radius 3 is 2.61 bits per heavy atom. The van der Waals surface area contributed by atoms with Gasteiger partial charge in [0, 0.05) is 13.2 Å². The summed E-state index contributed by atoms with van der Waals surface area (Å²) in [6.45, 7) is 0.990. The standard InChI is InChI=1S/C21H24N2O5/c1-26-18-10-4-5-11-19(18)28-14-20(24)23-17-9-3-2-8-16(17)21(25)22-13-15-7-6-12-27-15/h2-5,8-11,15H,6-7,12-14H2,1H3,(H,22,25)(H,23,24). The summed E-state index contributed by atoms with van der Waals surface area (Å²) >= 11 is 0. The van der Waals surface area contributed by atoms with Crippen LogP contribution in [0.25, 0.3) is 0 Å². The number of ether oxygens (including phenoxy) is 3. The third-order valence-electron chi connectivity index (χ3n) is 4.39. The van der Waals surface area contributed by atoms with Crippen LogP contribution in [0.5, 0.6) is 11.5 Å². The maximum atomic E-state index is 12.5. The van der Waals surface area contributed by atoms with Crippen molar-refractivity contribution >= 4 is 17.5 Å². The molecule has 0 bridgehead atoms. The first-order chi connectivity index (χ1) is 13.7.